The van der Waals surface area contributed by atoms with E-state index in [1.807, 2.05) is 65.2 Å². The zero-order chi connectivity index (χ0) is 23.9. The molecule has 8 nitrogen and oxygen atoms in total. The number of hydrogen-bond donors (Lipinski definition) is 1. The molecule has 0 bridgehead atoms. The molecule has 0 fully saturated rings. The second kappa shape index (κ2) is 11.3. The number of halogens is 1. The summed E-state index contributed by atoms with van der Waals surface area (Å²) in [6, 6.07) is 19.0. The lowest BCUT2D eigenvalue weighted by molar-refractivity contribution is -0.118. The normalized spacial score (nSPS) is 11.0. The van der Waals surface area contributed by atoms with E-state index in [9.17, 15) is 4.79 Å². The van der Waals surface area contributed by atoms with Gasteiger partial charge in [-0.3, -0.25) is 9.36 Å². The van der Waals surface area contributed by atoms with E-state index in [4.69, 9.17) is 9.47 Å². The van der Waals surface area contributed by atoms with E-state index in [0.717, 1.165) is 31.4 Å². The van der Waals surface area contributed by atoms with Crippen molar-refractivity contribution in [2.75, 3.05) is 20.0 Å². The number of nitrogens with one attached hydrogen (secondary N) is 1. The second-order valence-corrected chi connectivity index (χ2v) is 10.2. The van der Waals surface area contributed by atoms with E-state index < -0.39 is 0 Å². The number of ether oxygens (including phenoxy) is 2. The van der Waals surface area contributed by atoms with Crippen LogP contribution in [0, 0.1) is 0 Å². The van der Waals surface area contributed by atoms with Crippen LogP contribution in [0.3, 0.4) is 0 Å². The molecule has 0 saturated carbocycles. The minimum Gasteiger partial charge on any atom is -0.497 e. The van der Waals surface area contributed by atoms with Gasteiger partial charge in [0, 0.05) is 16.1 Å². The van der Waals surface area contributed by atoms with Crippen LogP contribution >= 0.6 is 39.0 Å². The van der Waals surface area contributed by atoms with Gasteiger partial charge in [0.05, 0.1) is 30.0 Å². The summed E-state index contributed by atoms with van der Waals surface area (Å²) in [4.78, 5) is 13.3. The molecule has 2 aromatic carbocycles. The highest BCUT2D eigenvalue weighted by Crippen LogP contribution is 2.29. The molecule has 11 heteroatoms. The van der Waals surface area contributed by atoms with Crippen molar-refractivity contribution < 1.29 is 14.3 Å². The zero-order valence-electron chi connectivity index (χ0n) is 18.3. The van der Waals surface area contributed by atoms with Gasteiger partial charge in [0.25, 0.3) is 5.91 Å². The monoisotopic (exact) mass is 557 g/mol. The first kappa shape index (κ1) is 24.0. The number of rotatable bonds is 9. The van der Waals surface area contributed by atoms with E-state index in [1.54, 1.807) is 20.4 Å². The number of hydrogen-bond acceptors (Lipinski definition) is 8. The highest BCUT2D eigenvalue weighted by Gasteiger charge is 2.17. The molecule has 174 valence electrons. The van der Waals surface area contributed by atoms with Crippen LogP contribution < -0.4 is 14.9 Å². The number of carbonyl (C=O) groups excluding carboxylic acids is 1. The zero-order valence-corrected chi connectivity index (χ0v) is 21.5. The molecule has 4 aromatic rings. The van der Waals surface area contributed by atoms with E-state index in [2.05, 4.69) is 36.7 Å². The third kappa shape index (κ3) is 5.85. The van der Waals surface area contributed by atoms with Gasteiger partial charge in [0.1, 0.15) is 11.5 Å². The summed E-state index contributed by atoms with van der Waals surface area (Å²) in [5.74, 6) is 2.03. The molecule has 1 N–H and O–H groups in total. The number of methoxy groups -OCH3 is 2. The van der Waals surface area contributed by atoms with Crippen LogP contribution in [0.5, 0.6) is 11.5 Å². The Labute approximate surface area is 213 Å². The van der Waals surface area contributed by atoms with E-state index >= 15 is 0 Å². The van der Waals surface area contributed by atoms with Crippen molar-refractivity contribution in [3.8, 4) is 28.6 Å². The molecular formula is C23H20BrN5O3S2. The SMILES string of the molecule is COc1ccc(-c2nnc(SCC(=O)NN=Cc3ccc(Br)s3)n2-c2ccc(OC)cc2)cc1. The van der Waals surface area contributed by atoms with Crippen LogP contribution in [-0.4, -0.2) is 46.9 Å². The molecule has 0 radical (unpaired) electrons. The topological polar surface area (TPSA) is 90.6 Å². The largest absolute Gasteiger partial charge is 0.497 e. The summed E-state index contributed by atoms with van der Waals surface area (Å²) in [6.07, 6.45) is 1.61. The third-order valence-corrected chi connectivity index (χ3v) is 7.11. The third-order valence-electron chi connectivity index (χ3n) is 4.62. The van der Waals surface area contributed by atoms with Gasteiger partial charge in [-0.15, -0.1) is 21.5 Å². The minimum atomic E-state index is -0.243. The number of benzene rings is 2. The number of carbonyl (C=O) groups is 1. The molecule has 0 saturated heterocycles. The highest BCUT2D eigenvalue weighted by molar-refractivity contribution is 9.11. The fraction of sp³-hybridized carbons (Fsp3) is 0.130. The van der Waals surface area contributed by atoms with Crippen molar-refractivity contribution in [3.05, 3.63) is 69.3 Å². The first-order valence-corrected chi connectivity index (χ1v) is 12.6. The molecule has 0 aliphatic heterocycles. The van der Waals surface area contributed by atoms with Gasteiger partial charge in [0.2, 0.25) is 0 Å². The number of thioether (sulfide) groups is 1. The first-order chi connectivity index (χ1) is 16.6. The van der Waals surface area contributed by atoms with Crippen LogP contribution in [0.15, 0.2) is 74.7 Å². The predicted molar refractivity (Wildman–Crippen MR) is 138 cm³/mol. The molecule has 0 aliphatic carbocycles. The van der Waals surface area contributed by atoms with Gasteiger partial charge in [-0.05, 0) is 76.6 Å². The van der Waals surface area contributed by atoms with E-state index in [-0.39, 0.29) is 11.7 Å². The summed E-state index contributed by atoms with van der Waals surface area (Å²) < 4.78 is 13.4. The van der Waals surface area contributed by atoms with Crippen LogP contribution in [0.4, 0.5) is 0 Å². The quantitative estimate of drug-likeness (QED) is 0.176. The Morgan fingerprint density at radius 1 is 1.06 bits per heavy atom. The van der Waals surface area contributed by atoms with Gasteiger partial charge < -0.3 is 9.47 Å². The molecule has 0 aliphatic rings. The van der Waals surface area contributed by atoms with Crippen molar-refractivity contribution in [2.24, 2.45) is 5.10 Å². The van der Waals surface area contributed by atoms with Crippen molar-refractivity contribution in [3.63, 3.8) is 0 Å². The van der Waals surface area contributed by atoms with Gasteiger partial charge in [-0.2, -0.15) is 5.10 Å². The maximum absolute atomic E-state index is 12.4. The van der Waals surface area contributed by atoms with Crippen LogP contribution in [0.25, 0.3) is 17.1 Å². The summed E-state index contributed by atoms with van der Waals surface area (Å²) in [5, 5.41) is 13.3. The molecule has 0 spiro atoms. The number of nitrogens with zero attached hydrogens (tertiary/aromatic N) is 4. The summed E-state index contributed by atoms with van der Waals surface area (Å²) in [6.45, 7) is 0. The Morgan fingerprint density at radius 3 is 2.35 bits per heavy atom. The molecule has 1 amide bonds. The fourth-order valence-electron chi connectivity index (χ4n) is 2.98. The van der Waals surface area contributed by atoms with Gasteiger partial charge in [0.15, 0.2) is 11.0 Å². The Morgan fingerprint density at radius 2 is 1.74 bits per heavy atom. The lowest BCUT2D eigenvalue weighted by Crippen LogP contribution is -2.19. The predicted octanol–water partition coefficient (Wildman–Crippen LogP) is 5.02. The summed E-state index contributed by atoms with van der Waals surface area (Å²) in [5.41, 5.74) is 4.26. The van der Waals surface area contributed by atoms with Crippen LogP contribution in [0.2, 0.25) is 0 Å². The van der Waals surface area contributed by atoms with Crippen molar-refractivity contribution >= 4 is 51.2 Å². The molecule has 4 rings (SSSR count). The maximum atomic E-state index is 12.4. The Hall–Kier alpha value is -3.15. The first-order valence-electron chi connectivity index (χ1n) is 10.0. The number of thiophene rings is 1. The van der Waals surface area contributed by atoms with Crippen LogP contribution in [-0.2, 0) is 4.79 Å². The van der Waals surface area contributed by atoms with Crippen LogP contribution in [0.1, 0.15) is 4.88 Å². The maximum Gasteiger partial charge on any atom is 0.250 e. The molecular weight excluding hydrogens is 538 g/mol. The number of hydrazone groups is 1. The lowest BCUT2D eigenvalue weighted by atomic mass is 10.2. The van der Waals surface area contributed by atoms with Crippen molar-refractivity contribution in [1.29, 1.82) is 0 Å². The smallest absolute Gasteiger partial charge is 0.250 e. The van der Waals surface area contributed by atoms with Gasteiger partial charge in [-0.25, -0.2) is 5.43 Å². The Kier molecular flexibility index (Phi) is 7.99. The Balaban J connectivity index is 1.54. The summed E-state index contributed by atoms with van der Waals surface area (Å²) >= 11 is 6.20. The average molecular weight is 558 g/mol. The molecule has 2 aromatic heterocycles. The minimum absolute atomic E-state index is 0.127. The molecule has 0 unspecified atom stereocenters. The number of amides is 1. The molecule has 34 heavy (non-hydrogen) atoms. The molecule has 2 heterocycles. The molecule has 0 atom stereocenters. The average Bonchev–Trinajstić information content (AvgIpc) is 3.49. The number of aromatic nitrogens is 3. The summed E-state index contributed by atoms with van der Waals surface area (Å²) in [7, 11) is 3.24. The van der Waals surface area contributed by atoms with E-state index in [1.165, 1.54) is 23.1 Å². The fourth-order valence-corrected chi connectivity index (χ4v) is 5.02. The second-order valence-electron chi connectivity index (χ2n) is 6.79. The lowest BCUT2D eigenvalue weighted by Gasteiger charge is -2.11. The van der Waals surface area contributed by atoms with Crippen molar-refractivity contribution in [1.82, 2.24) is 20.2 Å². The van der Waals surface area contributed by atoms with E-state index in [0.29, 0.717) is 11.0 Å². The van der Waals surface area contributed by atoms with Gasteiger partial charge >= 0.3 is 0 Å². The van der Waals surface area contributed by atoms with Gasteiger partial charge in [-0.1, -0.05) is 11.8 Å². The van der Waals surface area contributed by atoms with Crippen molar-refractivity contribution in [2.45, 2.75) is 5.16 Å². The standard InChI is InChI=1S/C23H20BrN5O3S2/c1-31-17-7-3-15(4-8-17)22-27-28-23(29(22)16-5-9-18(32-2)10-6-16)33-14-21(30)26-25-13-19-11-12-20(24)34-19/h3-13H,14H2,1-2H3,(H,26,30). The Bertz CT molecular complexity index is 1290. The highest BCUT2D eigenvalue weighted by atomic mass is 79.9.